The number of hydrogen-bond acceptors (Lipinski definition) is 7. The molecule has 2 heterocycles. The van der Waals surface area contributed by atoms with E-state index in [1.807, 2.05) is 11.8 Å². The Morgan fingerprint density at radius 3 is 2.86 bits per heavy atom. The Bertz CT molecular complexity index is 610. The molecule has 1 unspecified atom stereocenters. The minimum absolute atomic E-state index is 0.439. The molecule has 0 amide bonds. The summed E-state index contributed by atoms with van der Waals surface area (Å²) in [5.74, 6) is 1.59. The zero-order valence-electron chi connectivity index (χ0n) is 12.3. The summed E-state index contributed by atoms with van der Waals surface area (Å²) in [5, 5.41) is 3.92. The first kappa shape index (κ1) is 15.6. The number of nitrogens with zero attached hydrogens (tertiary/aromatic N) is 2. The predicted molar refractivity (Wildman–Crippen MR) is 90.0 cm³/mol. The van der Waals surface area contributed by atoms with Gasteiger partial charge >= 0.3 is 0 Å². The van der Waals surface area contributed by atoms with Gasteiger partial charge in [-0.2, -0.15) is 11.8 Å². The number of aryl methyl sites for hydroxylation is 1. The molecule has 1 aliphatic carbocycles. The third-order valence-electron chi connectivity index (χ3n) is 3.83. The average Bonchev–Trinajstić information content (AvgIpc) is 3.19. The zero-order valence-corrected chi connectivity index (χ0v) is 14.8. The minimum Gasteiger partial charge on any atom is -0.329 e. The van der Waals surface area contributed by atoms with Crippen molar-refractivity contribution in [2.45, 2.75) is 37.7 Å². The van der Waals surface area contributed by atoms with E-state index in [0.29, 0.717) is 11.8 Å². The average molecular weight is 348 g/mol. The Labute approximate surface area is 134 Å². The van der Waals surface area contributed by atoms with Crippen molar-refractivity contribution in [3.05, 3.63) is 10.6 Å². The maximum absolute atomic E-state index is 12.0. The van der Waals surface area contributed by atoms with E-state index in [0.717, 1.165) is 29.7 Å². The van der Waals surface area contributed by atoms with Crippen LogP contribution in [-0.2, 0) is 16.4 Å². The van der Waals surface area contributed by atoms with Gasteiger partial charge in [0.05, 0.1) is 5.69 Å². The highest BCUT2D eigenvalue weighted by molar-refractivity contribution is 8.01. The largest absolute Gasteiger partial charge is 0.329 e. The van der Waals surface area contributed by atoms with Crippen LogP contribution in [0.1, 0.15) is 23.4 Å². The van der Waals surface area contributed by atoms with Crippen molar-refractivity contribution in [1.82, 2.24) is 10.3 Å². The molecule has 1 aliphatic heterocycles. The third-order valence-corrected chi connectivity index (χ3v) is 7.67. The molecule has 2 fully saturated rings. The number of thioether (sulfide) groups is 1. The van der Waals surface area contributed by atoms with Crippen LogP contribution in [0.3, 0.4) is 0 Å². The Kier molecular flexibility index (Phi) is 4.50. The van der Waals surface area contributed by atoms with Gasteiger partial charge in [-0.15, -0.1) is 11.3 Å². The number of nitrogens with one attached hydrogen (secondary N) is 1. The zero-order chi connectivity index (χ0) is 15.0. The van der Waals surface area contributed by atoms with Gasteiger partial charge in [-0.25, -0.2) is 13.4 Å². The van der Waals surface area contributed by atoms with Crippen LogP contribution < -0.4 is 10.2 Å². The molecular weight excluding hydrogens is 326 g/mol. The van der Waals surface area contributed by atoms with Crippen LogP contribution in [0.25, 0.3) is 0 Å². The summed E-state index contributed by atoms with van der Waals surface area (Å²) >= 11 is 3.34. The first-order chi connectivity index (χ1) is 9.95. The molecular formula is C13H21N3O2S3. The molecule has 3 rings (SSSR count). The second-order valence-corrected chi connectivity index (χ2v) is 10.1. The van der Waals surface area contributed by atoms with Crippen molar-refractivity contribution < 1.29 is 8.42 Å². The highest BCUT2D eigenvalue weighted by atomic mass is 32.2. The van der Waals surface area contributed by atoms with Gasteiger partial charge in [0.1, 0.15) is 5.37 Å². The fourth-order valence-electron chi connectivity index (χ4n) is 2.38. The fraction of sp³-hybridized carbons (Fsp3) is 0.769. The summed E-state index contributed by atoms with van der Waals surface area (Å²) in [4.78, 5) is 7.83. The van der Waals surface area contributed by atoms with E-state index in [9.17, 15) is 8.42 Å². The van der Waals surface area contributed by atoms with Gasteiger partial charge in [0.2, 0.25) is 0 Å². The van der Waals surface area contributed by atoms with E-state index in [1.165, 1.54) is 24.0 Å². The lowest BCUT2D eigenvalue weighted by molar-refractivity contribution is 0.584. The lowest BCUT2D eigenvalue weighted by atomic mass is 10.4. The minimum atomic E-state index is -3.09. The van der Waals surface area contributed by atoms with Crippen LogP contribution in [0, 0.1) is 6.92 Å². The van der Waals surface area contributed by atoms with Crippen LogP contribution in [0.2, 0.25) is 0 Å². The maximum atomic E-state index is 12.0. The van der Waals surface area contributed by atoms with Gasteiger partial charge in [0.25, 0.3) is 0 Å². The van der Waals surface area contributed by atoms with Gasteiger partial charge < -0.3 is 10.2 Å². The van der Waals surface area contributed by atoms with Gasteiger partial charge in [0, 0.05) is 41.8 Å². The summed E-state index contributed by atoms with van der Waals surface area (Å²) in [6.45, 7) is 3.61. The molecule has 1 aromatic rings. The van der Waals surface area contributed by atoms with Gasteiger partial charge in [0.15, 0.2) is 15.0 Å². The van der Waals surface area contributed by atoms with Gasteiger partial charge in [-0.1, -0.05) is 0 Å². The van der Waals surface area contributed by atoms with Crippen LogP contribution in [0.15, 0.2) is 0 Å². The lowest BCUT2D eigenvalue weighted by Crippen LogP contribution is -2.47. The Hall–Kier alpha value is -0.310. The van der Waals surface area contributed by atoms with Crippen LogP contribution in [0.5, 0.6) is 0 Å². The fourth-order valence-corrected chi connectivity index (χ4v) is 6.35. The highest BCUT2D eigenvalue weighted by Crippen LogP contribution is 2.32. The molecule has 1 atom stereocenters. The van der Waals surface area contributed by atoms with Crippen molar-refractivity contribution in [3.8, 4) is 0 Å². The number of anilines is 1. The smallest absolute Gasteiger partial charge is 0.186 e. The molecule has 0 spiro atoms. The van der Waals surface area contributed by atoms with E-state index >= 15 is 0 Å². The molecule has 21 heavy (non-hydrogen) atoms. The Morgan fingerprint density at radius 2 is 2.19 bits per heavy atom. The Balaban J connectivity index is 1.79. The molecule has 5 nitrogen and oxygen atoms in total. The molecule has 118 valence electrons. The predicted octanol–water partition coefficient (Wildman–Crippen LogP) is 1.63. The van der Waals surface area contributed by atoms with Crippen LogP contribution in [0.4, 0.5) is 5.13 Å². The van der Waals surface area contributed by atoms with Gasteiger partial charge in [-0.3, -0.25) is 0 Å². The normalized spacial score (nSPS) is 23.5. The molecule has 1 N–H and O–H groups in total. The quantitative estimate of drug-likeness (QED) is 0.873. The van der Waals surface area contributed by atoms with Crippen molar-refractivity contribution in [3.63, 3.8) is 0 Å². The monoisotopic (exact) mass is 347 g/mol. The standard InChI is InChI=1S/C13H21N3O2S3/c1-9-11(7-14-10-3-4-10)20-13(15-9)16-5-6-19-8-12(16)21(2,17)18/h10,12,14H,3-8H2,1-2H3. The molecule has 0 bridgehead atoms. The topological polar surface area (TPSA) is 62.3 Å². The highest BCUT2D eigenvalue weighted by Gasteiger charge is 2.33. The maximum Gasteiger partial charge on any atom is 0.186 e. The van der Waals surface area contributed by atoms with E-state index in [2.05, 4.69) is 10.3 Å². The lowest BCUT2D eigenvalue weighted by Gasteiger charge is -2.33. The second kappa shape index (κ2) is 6.06. The number of sulfone groups is 1. The molecule has 0 aromatic carbocycles. The van der Waals surface area contributed by atoms with Crippen molar-refractivity contribution >= 4 is 38.1 Å². The van der Waals surface area contributed by atoms with Crippen molar-refractivity contribution in [1.29, 1.82) is 0 Å². The molecule has 0 radical (unpaired) electrons. The Morgan fingerprint density at radius 1 is 1.43 bits per heavy atom. The molecule has 1 aromatic heterocycles. The third kappa shape index (κ3) is 3.72. The second-order valence-electron chi connectivity index (χ2n) is 5.71. The van der Waals surface area contributed by atoms with Crippen molar-refractivity contribution in [2.75, 3.05) is 29.2 Å². The van der Waals surface area contributed by atoms with Crippen LogP contribution >= 0.6 is 23.1 Å². The molecule has 2 aliphatic rings. The number of aromatic nitrogens is 1. The summed E-state index contributed by atoms with van der Waals surface area (Å²) in [6.07, 6.45) is 3.86. The number of thiazole rings is 1. The molecule has 8 heteroatoms. The van der Waals surface area contributed by atoms with E-state index in [1.54, 1.807) is 23.1 Å². The van der Waals surface area contributed by atoms with Crippen molar-refractivity contribution in [2.24, 2.45) is 0 Å². The summed E-state index contributed by atoms with van der Waals surface area (Å²) in [7, 11) is -3.09. The van der Waals surface area contributed by atoms with Crippen LogP contribution in [-0.4, -0.2) is 49.1 Å². The molecule has 1 saturated carbocycles. The van der Waals surface area contributed by atoms with Gasteiger partial charge in [-0.05, 0) is 19.8 Å². The van der Waals surface area contributed by atoms with E-state index in [-0.39, 0.29) is 0 Å². The SMILES string of the molecule is Cc1nc(N2CCSCC2S(C)(=O)=O)sc1CNC1CC1. The molecule has 1 saturated heterocycles. The van der Waals surface area contributed by atoms with E-state index < -0.39 is 15.2 Å². The number of hydrogen-bond donors (Lipinski definition) is 1. The first-order valence-electron chi connectivity index (χ1n) is 7.18. The summed E-state index contributed by atoms with van der Waals surface area (Å²) in [5.41, 5.74) is 1.02. The summed E-state index contributed by atoms with van der Waals surface area (Å²) in [6, 6.07) is 0.671. The summed E-state index contributed by atoms with van der Waals surface area (Å²) < 4.78 is 24.0. The first-order valence-corrected chi connectivity index (χ1v) is 11.1. The number of rotatable bonds is 5. The van der Waals surface area contributed by atoms with E-state index in [4.69, 9.17) is 0 Å².